The highest BCUT2D eigenvalue weighted by molar-refractivity contribution is 6.04. The van der Waals surface area contributed by atoms with Crippen molar-refractivity contribution in [3.8, 4) is 56.2 Å². The molecule has 0 N–H and O–H groups in total. The minimum Gasteiger partial charge on any atom is -0.256 e. The molecule has 6 aromatic carbocycles. The van der Waals surface area contributed by atoms with Gasteiger partial charge < -0.3 is 0 Å². The van der Waals surface area contributed by atoms with Crippen LogP contribution in [0.2, 0.25) is 0 Å². The Kier molecular flexibility index (Phi) is 7.42. The number of aromatic nitrogens is 5. The van der Waals surface area contributed by atoms with Crippen LogP contribution in [0.3, 0.4) is 0 Å². The van der Waals surface area contributed by atoms with Crippen LogP contribution in [-0.2, 0) is 0 Å². The zero-order chi connectivity index (χ0) is 37.0. The van der Waals surface area contributed by atoms with E-state index < -0.39 is 0 Å². The number of fused-ring (bicyclic) bond motifs is 6. The lowest BCUT2D eigenvalue weighted by atomic mass is 9.99. The van der Waals surface area contributed by atoms with Gasteiger partial charge in [0, 0.05) is 55.4 Å². The van der Waals surface area contributed by atoms with Crippen LogP contribution in [0.25, 0.3) is 111 Å². The van der Waals surface area contributed by atoms with E-state index in [4.69, 9.17) is 19.9 Å². The summed E-state index contributed by atoms with van der Waals surface area (Å²) in [6, 6.07) is 63.2. The SMILES string of the molecule is c1ccc(-c2ccc3ccc4ccc(-c5cccc(-c6ccc7ccc(-c8ccc9ccc(-c%10cccc%11cccnc%10%11)nc9c8)nc7c6)c5)nc4c3n2)cc1. The molecule has 5 nitrogen and oxygen atoms in total. The van der Waals surface area contributed by atoms with Crippen molar-refractivity contribution in [2.45, 2.75) is 0 Å². The van der Waals surface area contributed by atoms with Gasteiger partial charge >= 0.3 is 0 Å². The standard InChI is InChI=1S/C51H31N5/c1-2-7-32(8-3-1)43-25-22-36-16-17-37-23-26-45(56-51(37)50(36)55-43)40-11-4-10-38(29-40)39-18-14-33-20-24-44(53-47(33)30-39)41-19-15-34-21-27-46(54-48(34)31-41)42-13-5-9-35-12-6-28-52-49(35)42/h1-31H. The van der Waals surface area contributed by atoms with Crippen LogP contribution in [0.1, 0.15) is 0 Å². The Hall–Kier alpha value is -7.63. The Labute approximate surface area is 322 Å². The first-order valence-electron chi connectivity index (χ1n) is 18.7. The van der Waals surface area contributed by atoms with Gasteiger partial charge in [0.15, 0.2) is 0 Å². The molecule has 0 aliphatic rings. The maximum Gasteiger partial charge on any atom is 0.0972 e. The van der Waals surface area contributed by atoms with Crippen molar-refractivity contribution in [2.24, 2.45) is 0 Å². The van der Waals surface area contributed by atoms with Crippen molar-refractivity contribution in [3.05, 3.63) is 188 Å². The van der Waals surface area contributed by atoms with Gasteiger partial charge in [-0.1, -0.05) is 133 Å². The zero-order valence-electron chi connectivity index (χ0n) is 30.1. The summed E-state index contributed by atoms with van der Waals surface area (Å²) < 4.78 is 0. The quantitative estimate of drug-likeness (QED) is 0.166. The molecule has 56 heavy (non-hydrogen) atoms. The number of benzene rings is 6. The van der Waals surface area contributed by atoms with E-state index in [1.165, 1.54) is 0 Å². The Morgan fingerprint density at radius 2 is 0.750 bits per heavy atom. The van der Waals surface area contributed by atoms with E-state index in [1.54, 1.807) is 0 Å². The molecule has 0 atom stereocenters. The second kappa shape index (κ2) is 13.0. The topological polar surface area (TPSA) is 64.5 Å². The highest BCUT2D eigenvalue weighted by atomic mass is 14.8. The number of hydrogen-bond acceptors (Lipinski definition) is 5. The molecule has 0 aliphatic heterocycles. The molecule has 0 spiro atoms. The maximum atomic E-state index is 5.21. The van der Waals surface area contributed by atoms with Gasteiger partial charge in [-0.05, 0) is 59.7 Å². The van der Waals surface area contributed by atoms with E-state index in [0.717, 1.165) is 111 Å². The molecule has 0 saturated carbocycles. The first-order valence-corrected chi connectivity index (χ1v) is 18.7. The third kappa shape index (κ3) is 5.62. The molecule has 260 valence electrons. The Morgan fingerprint density at radius 3 is 1.52 bits per heavy atom. The first-order chi connectivity index (χ1) is 27.7. The maximum absolute atomic E-state index is 5.21. The Morgan fingerprint density at radius 1 is 0.268 bits per heavy atom. The fraction of sp³-hybridized carbons (Fsp3) is 0. The van der Waals surface area contributed by atoms with Gasteiger partial charge in [0.05, 0.1) is 50.4 Å². The van der Waals surface area contributed by atoms with Gasteiger partial charge in [0.25, 0.3) is 0 Å². The predicted octanol–water partition coefficient (Wildman–Crippen LogP) is 12.8. The molecule has 5 aromatic heterocycles. The number of para-hydroxylation sites is 1. The van der Waals surface area contributed by atoms with Crippen LogP contribution < -0.4 is 0 Å². The summed E-state index contributed by atoms with van der Waals surface area (Å²) in [5, 5.41) is 5.40. The van der Waals surface area contributed by atoms with E-state index in [9.17, 15) is 0 Å². The molecule has 0 radical (unpaired) electrons. The van der Waals surface area contributed by atoms with E-state index >= 15 is 0 Å². The molecule has 5 heteroatoms. The van der Waals surface area contributed by atoms with Crippen molar-refractivity contribution in [3.63, 3.8) is 0 Å². The zero-order valence-corrected chi connectivity index (χ0v) is 30.1. The van der Waals surface area contributed by atoms with Crippen molar-refractivity contribution >= 4 is 54.5 Å². The summed E-state index contributed by atoms with van der Waals surface area (Å²) in [7, 11) is 0. The number of pyridine rings is 5. The van der Waals surface area contributed by atoms with Gasteiger partial charge in [-0.3, -0.25) is 4.98 Å². The van der Waals surface area contributed by atoms with Gasteiger partial charge in [-0.25, -0.2) is 19.9 Å². The normalized spacial score (nSPS) is 11.6. The van der Waals surface area contributed by atoms with Crippen LogP contribution in [0.4, 0.5) is 0 Å². The molecule has 5 heterocycles. The van der Waals surface area contributed by atoms with Crippen LogP contribution in [0.15, 0.2) is 188 Å². The molecular weight excluding hydrogens is 683 g/mol. The summed E-state index contributed by atoms with van der Waals surface area (Å²) in [5.41, 5.74) is 14.6. The average molecular weight is 714 g/mol. The third-order valence-corrected chi connectivity index (χ3v) is 10.7. The second-order valence-corrected chi connectivity index (χ2v) is 14.1. The summed E-state index contributed by atoms with van der Waals surface area (Å²) in [4.78, 5) is 25.2. The van der Waals surface area contributed by atoms with Crippen LogP contribution >= 0.6 is 0 Å². The summed E-state index contributed by atoms with van der Waals surface area (Å²) in [6.45, 7) is 0. The van der Waals surface area contributed by atoms with Crippen LogP contribution in [-0.4, -0.2) is 24.9 Å². The van der Waals surface area contributed by atoms with Crippen LogP contribution in [0.5, 0.6) is 0 Å². The van der Waals surface area contributed by atoms with Crippen molar-refractivity contribution in [1.29, 1.82) is 0 Å². The summed E-state index contributed by atoms with van der Waals surface area (Å²) in [6.07, 6.45) is 1.83. The molecule has 0 fully saturated rings. The second-order valence-electron chi connectivity index (χ2n) is 14.1. The molecule has 11 aromatic rings. The lowest BCUT2D eigenvalue weighted by Crippen LogP contribution is -1.91. The molecule has 0 unspecified atom stereocenters. The molecule has 11 rings (SSSR count). The third-order valence-electron chi connectivity index (χ3n) is 10.7. The molecule has 0 aliphatic carbocycles. The average Bonchev–Trinajstić information content (AvgIpc) is 3.28. The van der Waals surface area contributed by atoms with Gasteiger partial charge in [-0.2, -0.15) is 0 Å². The predicted molar refractivity (Wildman–Crippen MR) is 230 cm³/mol. The summed E-state index contributed by atoms with van der Waals surface area (Å²) >= 11 is 0. The van der Waals surface area contributed by atoms with Gasteiger partial charge in [0.2, 0.25) is 0 Å². The van der Waals surface area contributed by atoms with E-state index in [2.05, 4.69) is 163 Å². The highest BCUT2D eigenvalue weighted by Crippen LogP contribution is 2.33. The molecular formula is C51H31N5. The number of nitrogens with zero attached hydrogens (tertiary/aromatic N) is 5. The Balaban J connectivity index is 0.940. The van der Waals surface area contributed by atoms with Crippen molar-refractivity contribution in [1.82, 2.24) is 24.9 Å². The lowest BCUT2D eigenvalue weighted by Gasteiger charge is -2.10. The number of rotatable bonds is 5. The first kappa shape index (κ1) is 31.9. The number of hydrogen-bond donors (Lipinski definition) is 0. The molecule has 0 bridgehead atoms. The van der Waals surface area contributed by atoms with E-state index in [0.29, 0.717) is 0 Å². The highest BCUT2D eigenvalue weighted by Gasteiger charge is 2.12. The molecule has 0 amide bonds. The molecule has 0 saturated heterocycles. The van der Waals surface area contributed by atoms with Crippen molar-refractivity contribution < 1.29 is 0 Å². The van der Waals surface area contributed by atoms with Crippen molar-refractivity contribution in [2.75, 3.05) is 0 Å². The monoisotopic (exact) mass is 713 g/mol. The van der Waals surface area contributed by atoms with Gasteiger partial charge in [-0.15, -0.1) is 0 Å². The largest absolute Gasteiger partial charge is 0.256 e. The fourth-order valence-corrected chi connectivity index (χ4v) is 7.75. The Bertz CT molecular complexity index is 3310. The fourth-order valence-electron chi connectivity index (χ4n) is 7.75. The lowest BCUT2D eigenvalue weighted by molar-refractivity contribution is 1.36. The van der Waals surface area contributed by atoms with E-state index in [1.807, 2.05) is 30.5 Å². The summed E-state index contributed by atoms with van der Waals surface area (Å²) in [5.74, 6) is 0. The minimum atomic E-state index is 0.899. The minimum absolute atomic E-state index is 0.899. The smallest absolute Gasteiger partial charge is 0.0972 e. The van der Waals surface area contributed by atoms with E-state index in [-0.39, 0.29) is 0 Å². The van der Waals surface area contributed by atoms with Crippen LogP contribution in [0, 0.1) is 0 Å². The van der Waals surface area contributed by atoms with Gasteiger partial charge in [0.1, 0.15) is 0 Å².